The highest BCUT2D eigenvalue weighted by molar-refractivity contribution is 7.87. The van der Waals surface area contributed by atoms with Crippen LogP contribution < -0.4 is 10.0 Å². The van der Waals surface area contributed by atoms with Crippen molar-refractivity contribution in [1.29, 1.82) is 0 Å². The maximum atomic E-state index is 11.6. The first-order chi connectivity index (χ1) is 7.06. The quantitative estimate of drug-likeness (QED) is 0.692. The van der Waals surface area contributed by atoms with Crippen LogP contribution in [0.3, 0.4) is 0 Å². The van der Waals surface area contributed by atoms with Crippen molar-refractivity contribution in [3.05, 3.63) is 0 Å². The van der Waals surface area contributed by atoms with E-state index < -0.39 is 10.2 Å². The molecule has 1 rings (SSSR count). The fraction of sp³-hybridized carbons (Fsp3) is 1.00. The van der Waals surface area contributed by atoms with Crippen LogP contribution >= 0.6 is 0 Å². The molecule has 0 bridgehead atoms. The Morgan fingerprint density at radius 1 is 1.53 bits per heavy atom. The molecule has 0 spiro atoms. The summed E-state index contributed by atoms with van der Waals surface area (Å²) in [5.41, 5.74) is 0. The molecule has 0 amide bonds. The third kappa shape index (κ3) is 4.06. The van der Waals surface area contributed by atoms with E-state index in [1.165, 1.54) is 4.31 Å². The van der Waals surface area contributed by atoms with E-state index in [1.54, 1.807) is 7.05 Å². The Bertz CT molecular complexity index is 273. The normalized spacial score (nSPS) is 23.3. The first kappa shape index (κ1) is 12.9. The Kier molecular flexibility index (Phi) is 4.98. The van der Waals surface area contributed by atoms with Crippen LogP contribution in [0.15, 0.2) is 0 Å². The lowest BCUT2D eigenvalue weighted by molar-refractivity contribution is 0.370. The lowest BCUT2D eigenvalue weighted by Crippen LogP contribution is -2.43. The SMILES string of the molecule is CCN(C)S(=O)(=O)NCC1CCCNC1. The standard InChI is InChI=1S/C9H21N3O2S/c1-3-12(2)15(13,14)11-8-9-5-4-6-10-7-9/h9-11H,3-8H2,1-2H3. The molecule has 6 heteroatoms. The van der Waals surface area contributed by atoms with Gasteiger partial charge in [0.2, 0.25) is 0 Å². The van der Waals surface area contributed by atoms with Gasteiger partial charge in [0, 0.05) is 20.1 Å². The second-order valence-electron chi connectivity index (χ2n) is 3.98. The second kappa shape index (κ2) is 5.79. The minimum absolute atomic E-state index is 0.429. The topological polar surface area (TPSA) is 61.4 Å². The van der Waals surface area contributed by atoms with Gasteiger partial charge in [0.05, 0.1) is 0 Å². The summed E-state index contributed by atoms with van der Waals surface area (Å²) < 4.78 is 27.2. The maximum absolute atomic E-state index is 11.6. The molecule has 2 N–H and O–H groups in total. The summed E-state index contributed by atoms with van der Waals surface area (Å²) in [7, 11) is -1.67. The summed E-state index contributed by atoms with van der Waals surface area (Å²) in [6, 6.07) is 0. The van der Waals surface area contributed by atoms with E-state index >= 15 is 0 Å². The van der Waals surface area contributed by atoms with Crippen molar-refractivity contribution >= 4 is 10.2 Å². The first-order valence-electron chi connectivity index (χ1n) is 5.48. The van der Waals surface area contributed by atoms with Crippen molar-refractivity contribution in [2.24, 2.45) is 5.92 Å². The van der Waals surface area contributed by atoms with E-state index in [-0.39, 0.29) is 0 Å². The number of hydrogen-bond donors (Lipinski definition) is 2. The molecule has 1 saturated heterocycles. The zero-order valence-corrected chi connectivity index (χ0v) is 10.3. The third-order valence-corrected chi connectivity index (χ3v) is 4.42. The van der Waals surface area contributed by atoms with Gasteiger partial charge in [-0.05, 0) is 31.8 Å². The molecular weight excluding hydrogens is 214 g/mol. The Morgan fingerprint density at radius 3 is 2.80 bits per heavy atom. The molecule has 1 heterocycles. The van der Waals surface area contributed by atoms with Crippen LogP contribution in [0.25, 0.3) is 0 Å². The fourth-order valence-electron chi connectivity index (χ4n) is 1.60. The van der Waals surface area contributed by atoms with Crippen molar-refractivity contribution in [1.82, 2.24) is 14.3 Å². The van der Waals surface area contributed by atoms with Crippen LogP contribution in [0.4, 0.5) is 0 Å². The maximum Gasteiger partial charge on any atom is 0.279 e. The molecule has 1 aliphatic rings. The van der Waals surface area contributed by atoms with E-state index in [2.05, 4.69) is 10.0 Å². The summed E-state index contributed by atoms with van der Waals surface area (Å²) >= 11 is 0. The third-order valence-electron chi connectivity index (χ3n) is 2.81. The average Bonchev–Trinajstić information content (AvgIpc) is 2.27. The van der Waals surface area contributed by atoms with Gasteiger partial charge < -0.3 is 5.32 Å². The van der Waals surface area contributed by atoms with Gasteiger partial charge in [-0.15, -0.1) is 0 Å². The zero-order chi connectivity index (χ0) is 11.3. The molecule has 0 aromatic rings. The largest absolute Gasteiger partial charge is 0.316 e. The number of nitrogens with zero attached hydrogens (tertiary/aromatic N) is 1. The molecule has 5 nitrogen and oxygen atoms in total. The van der Waals surface area contributed by atoms with Gasteiger partial charge in [-0.1, -0.05) is 6.92 Å². The zero-order valence-electron chi connectivity index (χ0n) is 9.49. The van der Waals surface area contributed by atoms with Crippen molar-refractivity contribution in [3.63, 3.8) is 0 Å². The minimum Gasteiger partial charge on any atom is -0.316 e. The van der Waals surface area contributed by atoms with Crippen molar-refractivity contribution in [2.45, 2.75) is 19.8 Å². The lowest BCUT2D eigenvalue weighted by atomic mass is 10.0. The van der Waals surface area contributed by atoms with E-state index in [4.69, 9.17) is 0 Å². The van der Waals surface area contributed by atoms with Gasteiger partial charge in [-0.2, -0.15) is 12.7 Å². The van der Waals surface area contributed by atoms with Crippen LogP contribution in [0.2, 0.25) is 0 Å². The highest BCUT2D eigenvalue weighted by atomic mass is 32.2. The molecule has 15 heavy (non-hydrogen) atoms. The predicted molar refractivity (Wildman–Crippen MR) is 60.8 cm³/mol. The Morgan fingerprint density at radius 2 is 2.27 bits per heavy atom. The molecule has 1 unspecified atom stereocenters. The van der Waals surface area contributed by atoms with Crippen LogP contribution in [0.5, 0.6) is 0 Å². The van der Waals surface area contributed by atoms with Crippen LogP contribution in [-0.2, 0) is 10.2 Å². The van der Waals surface area contributed by atoms with E-state index in [1.807, 2.05) is 6.92 Å². The van der Waals surface area contributed by atoms with E-state index in [0.29, 0.717) is 19.0 Å². The van der Waals surface area contributed by atoms with Gasteiger partial charge in [-0.25, -0.2) is 4.72 Å². The number of rotatable bonds is 5. The molecular formula is C9H21N3O2S. The summed E-state index contributed by atoms with van der Waals surface area (Å²) in [5.74, 6) is 0.429. The summed E-state index contributed by atoms with van der Waals surface area (Å²) in [4.78, 5) is 0. The summed E-state index contributed by atoms with van der Waals surface area (Å²) in [5, 5.41) is 3.27. The Balaban J connectivity index is 2.35. The lowest BCUT2D eigenvalue weighted by Gasteiger charge is -2.24. The minimum atomic E-state index is -3.25. The molecule has 0 aliphatic carbocycles. The van der Waals surface area contributed by atoms with Crippen LogP contribution in [0.1, 0.15) is 19.8 Å². The summed E-state index contributed by atoms with van der Waals surface area (Å²) in [6.07, 6.45) is 2.24. The Hall–Kier alpha value is -0.170. The van der Waals surface area contributed by atoms with Gasteiger partial charge in [0.25, 0.3) is 10.2 Å². The first-order valence-corrected chi connectivity index (χ1v) is 6.92. The molecule has 0 radical (unpaired) electrons. The van der Waals surface area contributed by atoms with Gasteiger partial charge in [0.1, 0.15) is 0 Å². The van der Waals surface area contributed by atoms with Crippen molar-refractivity contribution < 1.29 is 8.42 Å². The van der Waals surface area contributed by atoms with E-state index in [9.17, 15) is 8.42 Å². The van der Waals surface area contributed by atoms with Gasteiger partial charge in [-0.3, -0.25) is 0 Å². The van der Waals surface area contributed by atoms with Gasteiger partial charge in [0.15, 0.2) is 0 Å². The highest BCUT2D eigenvalue weighted by Crippen LogP contribution is 2.08. The molecule has 0 aromatic carbocycles. The predicted octanol–water partition coefficient (Wildman–Crippen LogP) is -0.228. The monoisotopic (exact) mass is 235 g/mol. The molecule has 0 saturated carbocycles. The molecule has 90 valence electrons. The van der Waals surface area contributed by atoms with Crippen LogP contribution in [0, 0.1) is 5.92 Å². The highest BCUT2D eigenvalue weighted by Gasteiger charge is 2.19. The molecule has 0 aromatic heterocycles. The second-order valence-corrected chi connectivity index (χ2v) is 5.84. The molecule has 1 fully saturated rings. The number of nitrogens with one attached hydrogen (secondary N) is 2. The fourth-order valence-corrected chi connectivity index (χ4v) is 2.61. The number of hydrogen-bond acceptors (Lipinski definition) is 3. The smallest absolute Gasteiger partial charge is 0.279 e. The van der Waals surface area contributed by atoms with Crippen molar-refractivity contribution in [3.8, 4) is 0 Å². The van der Waals surface area contributed by atoms with Crippen LogP contribution in [-0.4, -0.2) is 45.9 Å². The van der Waals surface area contributed by atoms with Crippen molar-refractivity contribution in [2.75, 3.05) is 33.2 Å². The average molecular weight is 235 g/mol. The number of piperidine rings is 1. The van der Waals surface area contributed by atoms with Gasteiger partial charge >= 0.3 is 0 Å². The molecule has 1 atom stereocenters. The van der Waals surface area contributed by atoms with E-state index in [0.717, 1.165) is 25.9 Å². The Labute approximate surface area is 92.4 Å². The molecule has 1 aliphatic heterocycles. The summed E-state index contributed by atoms with van der Waals surface area (Å²) in [6.45, 7) is 4.83.